The van der Waals surface area contributed by atoms with Crippen LogP contribution in [0.2, 0.25) is 0 Å². The summed E-state index contributed by atoms with van der Waals surface area (Å²) in [4.78, 5) is 4.60. The highest BCUT2D eigenvalue weighted by Gasteiger charge is 2.23. The molecule has 0 saturated carbocycles. The first-order chi connectivity index (χ1) is 53.6. The molecule has 4 heterocycles. The Kier molecular flexibility index (Phi) is 15.8. The number of benzene rings is 17. The number of rotatable bonds is 13. The van der Waals surface area contributed by atoms with Crippen molar-refractivity contribution in [2.75, 3.05) is 9.80 Å². The van der Waals surface area contributed by atoms with Crippen molar-refractivity contribution < 1.29 is 8.83 Å². The van der Waals surface area contributed by atoms with Crippen molar-refractivity contribution >= 4 is 122 Å². The van der Waals surface area contributed by atoms with E-state index in [-0.39, 0.29) is 0 Å². The lowest BCUT2D eigenvalue weighted by Gasteiger charge is -2.26. The summed E-state index contributed by atoms with van der Waals surface area (Å²) in [6.07, 6.45) is 0. The van der Waals surface area contributed by atoms with Gasteiger partial charge >= 0.3 is 0 Å². The smallest absolute Gasteiger partial charge is 0.145 e. The first-order valence-corrected chi connectivity index (χ1v) is 36.8. The van der Waals surface area contributed by atoms with E-state index in [1.54, 1.807) is 0 Å². The predicted molar refractivity (Wildman–Crippen MR) is 453 cm³/mol. The summed E-state index contributed by atoms with van der Waals surface area (Å²) in [5, 5.41) is 9.21. The maximum absolute atomic E-state index is 6.85. The van der Waals surface area contributed by atoms with Crippen LogP contribution in [0.4, 0.5) is 34.1 Å². The minimum Gasteiger partial charge on any atom is -0.455 e. The monoisotopic (exact) mass is 1380 g/mol. The zero-order valence-electron chi connectivity index (χ0n) is 58.9. The number of hydrogen-bond acceptors (Lipinski definition) is 4. The van der Waals surface area contributed by atoms with Gasteiger partial charge < -0.3 is 27.8 Å². The molecule has 0 spiro atoms. The summed E-state index contributed by atoms with van der Waals surface area (Å²) in [6, 6.07) is 147. The van der Waals surface area contributed by atoms with E-state index in [1.807, 2.05) is 6.07 Å². The van der Waals surface area contributed by atoms with Gasteiger partial charge in [-0.25, -0.2) is 0 Å². The van der Waals surface area contributed by atoms with E-state index in [1.165, 1.54) is 55.3 Å². The van der Waals surface area contributed by atoms with Crippen molar-refractivity contribution in [1.82, 2.24) is 9.13 Å². The molecule has 0 amide bonds. The summed E-state index contributed by atoms with van der Waals surface area (Å²) < 4.78 is 18.1. The van der Waals surface area contributed by atoms with Crippen molar-refractivity contribution in [2.24, 2.45) is 0 Å². The van der Waals surface area contributed by atoms with Crippen LogP contribution < -0.4 is 9.80 Å². The lowest BCUT2D eigenvalue weighted by Crippen LogP contribution is -2.09. The Bertz CT molecular complexity index is 6790. The normalized spacial score (nSPS) is 11.5. The highest BCUT2D eigenvalue weighted by Crippen LogP contribution is 2.46. The zero-order valence-corrected chi connectivity index (χ0v) is 58.9. The molecule has 21 aromatic rings. The highest BCUT2D eigenvalue weighted by molar-refractivity contribution is 6.26. The fourth-order valence-corrected chi connectivity index (χ4v) is 16.1. The third-order valence-electron chi connectivity index (χ3n) is 21.2. The number of hydrogen-bond donors (Lipinski definition) is 0. The lowest BCUT2D eigenvalue weighted by atomic mass is 10.00. The molecular formula is C102H68N4O2. The summed E-state index contributed by atoms with van der Waals surface area (Å²) in [5.41, 5.74) is 29.0. The number of para-hydroxylation sites is 7. The van der Waals surface area contributed by atoms with Gasteiger partial charge in [-0.15, -0.1) is 0 Å². The van der Waals surface area contributed by atoms with Crippen LogP contribution in [0, 0.1) is 0 Å². The third kappa shape index (κ3) is 11.2. The van der Waals surface area contributed by atoms with Crippen molar-refractivity contribution in [3.05, 3.63) is 413 Å². The fourth-order valence-electron chi connectivity index (χ4n) is 16.1. The molecule has 4 aromatic heterocycles. The number of anilines is 6. The zero-order chi connectivity index (χ0) is 71.4. The maximum Gasteiger partial charge on any atom is 0.145 e. The van der Waals surface area contributed by atoms with Gasteiger partial charge in [0.1, 0.15) is 22.3 Å². The van der Waals surface area contributed by atoms with Crippen LogP contribution in [0.15, 0.2) is 421 Å². The lowest BCUT2D eigenvalue weighted by molar-refractivity contribution is 0.673. The van der Waals surface area contributed by atoms with Gasteiger partial charge in [0, 0.05) is 83.4 Å². The molecule has 0 saturated heterocycles. The van der Waals surface area contributed by atoms with Gasteiger partial charge in [0.15, 0.2) is 0 Å². The largest absolute Gasteiger partial charge is 0.455 e. The molecule has 0 aliphatic rings. The minimum atomic E-state index is 0.915. The van der Waals surface area contributed by atoms with E-state index >= 15 is 0 Å². The van der Waals surface area contributed by atoms with Gasteiger partial charge in [0.2, 0.25) is 0 Å². The van der Waals surface area contributed by atoms with Gasteiger partial charge in [-0.05, 0) is 190 Å². The summed E-state index contributed by atoms with van der Waals surface area (Å²) >= 11 is 0. The molecule has 0 atom stereocenters. The number of furan rings is 2. The van der Waals surface area contributed by atoms with Crippen molar-refractivity contribution in [3.63, 3.8) is 0 Å². The second-order valence-electron chi connectivity index (χ2n) is 27.5. The molecule has 0 aliphatic heterocycles. The Morgan fingerprint density at radius 1 is 0.176 bits per heavy atom. The highest BCUT2D eigenvalue weighted by atomic mass is 16.3. The molecule has 508 valence electrons. The molecule has 0 unspecified atom stereocenters. The second-order valence-corrected chi connectivity index (χ2v) is 27.5. The van der Waals surface area contributed by atoms with Gasteiger partial charge in [0.25, 0.3) is 0 Å². The van der Waals surface area contributed by atoms with Crippen molar-refractivity contribution in [1.29, 1.82) is 0 Å². The van der Waals surface area contributed by atoms with E-state index < -0.39 is 0 Å². The van der Waals surface area contributed by atoms with Gasteiger partial charge in [-0.1, -0.05) is 273 Å². The summed E-state index contributed by atoms with van der Waals surface area (Å²) in [5.74, 6) is 0. The Balaban J connectivity index is 0.000000143. The molecule has 108 heavy (non-hydrogen) atoms. The Morgan fingerprint density at radius 2 is 0.472 bits per heavy atom. The van der Waals surface area contributed by atoms with Gasteiger partial charge in [-0.3, -0.25) is 0 Å². The van der Waals surface area contributed by atoms with Crippen LogP contribution in [0.5, 0.6) is 0 Å². The Labute approximate surface area is 625 Å². The number of aromatic nitrogens is 2. The van der Waals surface area contributed by atoms with E-state index in [9.17, 15) is 0 Å². The SMILES string of the molecule is c1ccc(-c2ccc(-c3ccc(N(c4ccccc4)c4ccc(-c5ccc(-n6c7ccccc7c7c8oc9ccccc9c8ccc76)cc5)cc4)cc3)cc2)cc1.c1ccc(-c2cccc3c2oc2c3ccc3c2c2ccccc2n3-c2ccc(-c3ccc(N(c4ccccc4)c4ccccc4)cc3)cc2)cc1. The van der Waals surface area contributed by atoms with Crippen LogP contribution in [0.1, 0.15) is 0 Å². The van der Waals surface area contributed by atoms with Crippen LogP contribution in [-0.2, 0) is 0 Å². The summed E-state index contributed by atoms with van der Waals surface area (Å²) in [7, 11) is 0. The number of nitrogens with zero attached hydrogens (tertiary/aromatic N) is 4. The van der Waals surface area contributed by atoms with Gasteiger partial charge in [-0.2, -0.15) is 0 Å². The van der Waals surface area contributed by atoms with Crippen LogP contribution in [0.3, 0.4) is 0 Å². The van der Waals surface area contributed by atoms with Gasteiger partial charge in [0.05, 0.1) is 32.8 Å². The third-order valence-corrected chi connectivity index (χ3v) is 21.2. The minimum absolute atomic E-state index is 0.915. The fraction of sp³-hybridized carbons (Fsp3) is 0. The predicted octanol–water partition coefficient (Wildman–Crippen LogP) is 28.6. The number of fused-ring (bicyclic) bond motifs is 14. The molecule has 0 aliphatic carbocycles. The quantitative estimate of drug-likeness (QED) is 0.115. The van der Waals surface area contributed by atoms with E-state index in [4.69, 9.17) is 8.83 Å². The van der Waals surface area contributed by atoms with Crippen molar-refractivity contribution in [3.8, 4) is 67.0 Å². The van der Waals surface area contributed by atoms with Crippen molar-refractivity contribution in [2.45, 2.75) is 0 Å². The maximum atomic E-state index is 6.85. The molecular weight excluding hydrogens is 1310 g/mol. The molecule has 6 heteroatoms. The first kappa shape index (κ1) is 63.2. The van der Waals surface area contributed by atoms with E-state index in [0.717, 1.165) is 133 Å². The molecule has 0 fully saturated rings. The molecule has 0 radical (unpaired) electrons. The molecule has 0 N–H and O–H groups in total. The molecule has 6 nitrogen and oxygen atoms in total. The average Bonchev–Trinajstić information content (AvgIpc) is 1.57. The average molecular weight is 1380 g/mol. The molecule has 21 rings (SSSR count). The topological polar surface area (TPSA) is 42.6 Å². The Morgan fingerprint density at radius 3 is 0.898 bits per heavy atom. The van der Waals surface area contributed by atoms with Crippen LogP contribution in [-0.4, -0.2) is 9.13 Å². The molecule has 0 bridgehead atoms. The van der Waals surface area contributed by atoms with Crippen LogP contribution in [0.25, 0.3) is 154 Å². The molecule has 17 aromatic carbocycles. The van der Waals surface area contributed by atoms with Crippen LogP contribution >= 0.6 is 0 Å². The first-order valence-electron chi connectivity index (χ1n) is 36.8. The van der Waals surface area contributed by atoms with E-state index in [0.29, 0.717) is 0 Å². The second kappa shape index (κ2) is 27.0. The Hall–Kier alpha value is -14.5. The summed E-state index contributed by atoms with van der Waals surface area (Å²) in [6.45, 7) is 0. The van der Waals surface area contributed by atoms with E-state index in [2.05, 4.69) is 425 Å². The standard InChI is InChI=1S/C54H36N2O.C48H32N2O/c1-3-11-37(12-4-1)38-19-21-39(22-20-38)40-23-29-44(30-24-40)55(43-13-5-2-6-14-43)45-31-25-41(26-32-45)42-27-33-46(34-28-42)56-50-17-9-7-16-49(50)53-51(56)36-35-48-47-15-8-10-18-52(47)57-54(48)53;1-4-13-35(14-5-1)40-20-12-21-41-42-31-32-45-46(48(42)51-47(40)41)43-19-10-11-22-44(43)50(45)39-29-25-34(26-30-39)33-23-27-38(28-24-33)49(36-15-6-2-7-16-36)37-17-8-3-9-18-37/h1-36H;1-32H.